The first kappa shape index (κ1) is 28.8. The molecule has 1 heterocycles. The van der Waals surface area contributed by atoms with Crippen molar-refractivity contribution in [2.75, 3.05) is 18.5 Å². The molecule has 3 aromatic rings. The van der Waals surface area contributed by atoms with E-state index in [-0.39, 0.29) is 25.4 Å². The van der Waals surface area contributed by atoms with Crippen molar-refractivity contribution >= 4 is 23.5 Å². The second kappa shape index (κ2) is 12.8. The predicted octanol–water partition coefficient (Wildman–Crippen LogP) is 5.47. The molecule has 2 atom stereocenters. The topological polar surface area (TPSA) is 106 Å². The van der Waals surface area contributed by atoms with Gasteiger partial charge >= 0.3 is 5.97 Å². The highest BCUT2D eigenvalue weighted by Crippen LogP contribution is 2.44. The number of benzene rings is 3. The normalized spacial score (nSPS) is 18.4. The maximum atomic E-state index is 14.1. The van der Waals surface area contributed by atoms with E-state index < -0.39 is 23.2 Å². The molecule has 2 N–H and O–H groups in total. The summed E-state index contributed by atoms with van der Waals surface area (Å²) in [6.07, 6.45) is -0.199. The maximum Gasteiger partial charge on any atom is 0.306 e. The van der Waals surface area contributed by atoms with Crippen LogP contribution in [0.5, 0.6) is 5.75 Å². The Morgan fingerprint density at radius 1 is 0.975 bits per heavy atom. The van der Waals surface area contributed by atoms with Gasteiger partial charge in [0, 0.05) is 30.7 Å². The van der Waals surface area contributed by atoms with Crippen molar-refractivity contribution in [3.8, 4) is 5.75 Å². The number of aliphatic hydroxyl groups excluding tert-OH is 1. The number of carbonyl (C=O) groups is 2. The molecule has 0 saturated heterocycles. The third kappa shape index (κ3) is 7.27. The molecule has 3 aromatic carbocycles. The molecular weight excluding hydrogens is 508 g/mol. The standard InChI is InChI=1S/C32H36N2O6/c1-31(2,3)40-27(36)19-20-32(30(37)33-25-13-8-5-9-14-25)28(23-11-6-4-7-12-23)39-29(34-32)24-15-17-26(18-16-24)38-22-10-21-35/h4-9,11-18,28,35H,10,19-22H2,1-3H3,(H,33,37)/t28-,32-/m1/s1. The molecular formula is C32H36N2O6. The smallest absolute Gasteiger partial charge is 0.306 e. The van der Waals surface area contributed by atoms with Gasteiger partial charge in [-0.2, -0.15) is 0 Å². The number of anilines is 1. The van der Waals surface area contributed by atoms with Crippen LogP contribution in [0.1, 0.15) is 57.3 Å². The molecule has 0 unspecified atom stereocenters. The number of rotatable bonds is 11. The lowest BCUT2D eigenvalue weighted by Gasteiger charge is -2.31. The first-order valence-corrected chi connectivity index (χ1v) is 13.4. The summed E-state index contributed by atoms with van der Waals surface area (Å²) in [6, 6.07) is 25.8. The zero-order valence-electron chi connectivity index (χ0n) is 23.1. The van der Waals surface area contributed by atoms with Crippen molar-refractivity contribution in [2.45, 2.75) is 57.3 Å². The van der Waals surface area contributed by atoms with Gasteiger partial charge in [-0.15, -0.1) is 0 Å². The van der Waals surface area contributed by atoms with Crippen LogP contribution in [0.15, 0.2) is 89.9 Å². The van der Waals surface area contributed by atoms with Gasteiger partial charge in [-0.1, -0.05) is 48.5 Å². The van der Waals surface area contributed by atoms with Gasteiger partial charge in [0.15, 0.2) is 11.6 Å². The Labute approximate surface area is 235 Å². The fourth-order valence-corrected chi connectivity index (χ4v) is 4.44. The van der Waals surface area contributed by atoms with E-state index in [0.717, 1.165) is 5.56 Å². The Morgan fingerprint density at radius 3 is 2.25 bits per heavy atom. The van der Waals surface area contributed by atoms with E-state index in [0.29, 0.717) is 35.9 Å². The van der Waals surface area contributed by atoms with Crippen molar-refractivity contribution < 1.29 is 28.9 Å². The quantitative estimate of drug-likeness (QED) is 0.245. The molecule has 8 nitrogen and oxygen atoms in total. The van der Waals surface area contributed by atoms with Gasteiger partial charge in [-0.25, -0.2) is 4.99 Å². The monoisotopic (exact) mass is 544 g/mol. The number of hydrogen-bond acceptors (Lipinski definition) is 7. The Kier molecular flexibility index (Phi) is 9.22. The van der Waals surface area contributed by atoms with Crippen LogP contribution in [0, 0.1) is 0 Å². The van der Waals surface area contributed by atoms with Crippen molar-refractivity contribution in [1.29, 1.82) is 0 Å². The highest BCUT2D eigenvalue weighted by Gasteiger charge is 2.53. The number of hydrogen-bond donors (Lipinski definition) is 2. The number of para-hydroxylation sites is 1. The Balaban J connectivity index is 1.72. The van der Waals surface area contributed by atoms with Gasteiger partial charge in [0.2, 0.25) is 5.90 Å². The second-order valence-electron chi connectivity index (χ2n) is 10.6. The molecule has 0 aliphatic carbocycles. The lowest BCUT2D eigenvalue weighted by atomic mass is 9.83. The lowest BCUT2D eigenvalue weighted by molar-refractivity contribution is -0.155. The van der Waals surface area contributed by atoms with Crippen LogP contribution in [0.3, 0.4) is 0 Å². The fraction of sp³-hybridized carbons (Fsp3) is 0.344. The van der Waals surface area contributed by atoms with Crippen molar-refractivity contribution in [3.63, 3.8) is 0 Å². The number of aliphatic hydroxyl groups is 1. The van der Waals surface area contributed by atoms with E-state index in [1.165, 1.54) is 0 Å². The summed E-state index contributed by atoms with van der Waals surface area (Å²) in [6.45, 7) is 5.88. The Hall–Kier alpha value is -4.17. The van der Waals surface area contributed by atoms with E-state index in [9.17, 15) is 9.59 Å². The van der Waals surface area contributed by atoms with Crippen molar-refractivity contribution in [3.05, 3.63) is 96.1 Å². The minimum absolute atomic E-state index is 0.0272. The van der Waals surface area contributed by atoms with Gasteiger partial charge in [-0.3, -0.25) is 9.59 Å². The molecule has 40 heavy (non-hydrogen) atoms. The van der Waals surface area contributed by atoms with E-state index in [1.54, 1.807) is 24.3 Å². The van der Waals surface area contributed by atoms with E-state index >= 15 is 0 Å². The van der Waals surface area contributed by atoms with Gasteiger partial charge in [-0.05, 0) is 69.2 Å². The molecule has 0 aromatic heterocycles. The molecule has 0 fully saturated rings. The maximum absolute atomic E-state index is 14.1. The number of aliphatic imine (C=N–C) groups is 1. The minimum Gasteiger partial charge on any atom is -0.494 e. The molecule has 210 valence electrons. The van der Waals surface area contributed by atoms with Crippen LogP contribution < -0.4 is 10.1 Å². The molecule has 0 bridgehead atoms. The predicted molar refractivity (Wildman–Crippen MR) is 153 cm³/mol. The Morgan fingerprint density at radius 2 is 1.62 bits per heavy atom. The van der Waals surface area contributed by atoms with Crippen LogP contribution >= 0.6 is 0 Å². The first-order chi connectivity index (χ1) is 19.2. The zero-order valence-corrected chi connectivity index (χ0v) is 23.1. The molecule has 1 aliphatic heterocycles. The highest BCUT2D eigenvalue weighted by molar-refractivity contribution is 6.05. The van der Waals surface area contributed by atoms with Crippen molar-refractivity contribution in [1.82, 2.24) is 0 Å². The number of carbonyl (C=O) groups excluding carboxylic acids is 2. The SMILES string of the molecule is CC(C)(C)OC(=O)CC[C@@]1(C(=O)Nc2ccccc2)N=C(c2ccc(OCCCO)cc2)O[C@@H]1c1ccccc1. The van der Waals surface area contributed by atoms with Gasteiger partial charge in [0.1, 0.15) is 11.4 Å². The molecule has 4 rings (SSSR count). The summed E-state index contributed by atoms with van der Waals surface area (Å²) < 4.78 is 17.6. The third-order valence-corrected chi connectivity index (χ3v) is 6.29. The van der Waals surface area contributed by atoms with Crippen LogP contribution in [0.2, 0.25) is 0 Å². The lowest BCUT2D eigenvalue weighted by Crippen LogP contribution is -2.45. The fourth-order valence-electron chi connectivity index (χ4n) is 4.44. The van der Waals surface area contributed by atoms with Crippen molar-refractivity contribution in [2.24, 2.45) is 4.99 Å². The Bertz CT molecular complexity index is 1300. The van der Waals surface area contributed by atoms with E-state index in [1.807, 2.05) is 81.4 Å². The summed E-state index contributed by atoms with van der Waals surface area (Å²) >= 11 is 0. The average molecular weight is 545 g/mol. The molecule has 0 radical (unpaired) electrons. The number of nitrogens with one attached hydrogen (secondary N) is 1. The summed E-state index contributed by atoms with van der Waals surface area (Å²) in [5.41, 5.74) is -0.0554. The summed E-state index contributed by atoms with van der Waals surface area (Å²) in [5.74, 6) is 0.144. The summed E-state index contributed by atoms with van der Waals surface area (Å²) in [4.78, 5) is 31.8. The van der Waals surface area contributed by atoms with Crippen LogP contribution in [-0.4, -0.2) is 47.2 Å². The minimum atomic E-state index is -1.44. The van der Waals surface area contributed by atoms with Gasteiger partial charge < -0.3 is 24.6 Å². The van der Waals surface area contributed by atoms with E-state index in [2.05, 4.69) is 5.32 Å². The zero-order chi connectivity index (χ0) is 28.6. The number of amides is 1. The highest BCUT2D eigenvalue weighted by atomic mass is 16.6. The molecule has 0 spiro atoms. The molecule has 0 saturated carbocycles. The summed E-state index contributed by atoms with van der Waals surface area (Å²) in [7, 11) is 0. The van der Waals surface area contributed by atoms with Gasteiger partial charge in [0.25, 0.3) is 5.91 Å². The average Bonchev–Trinajstić information content (AvgIpc) is 3.34. The molecule has 1 amide bonds. The summed E-state index contributed by atoms with van der Waals surface area (Å²) in [5, 5.41) is 12.0. The van der Waals surface area contributed by atoms with Crippen LogP contribution in [0.4, 0.5) is 5.69 Å². The van der Waals surface area contributed by atoms with Crippen LogP contribution in [-0.2, 0) is 19.1 Å². The second-order valence-corrected chi connectivity index (χ2v) is 10.6. The number of nitrogens with zero attached hydrogens (tertiary/aromatic N) is 1. The third-order valence-electron chi connectivity index (χ3n) is 6.29. The number of ether oxygens (including phenoxy) is 3. The number of esters is 1. The largest absolute Gasteiger partial charge is 0.494 e. The van der Waals surface area contributed by atoms with Gasteiger partial charge in [0.05, 0.1) is 6.61 Å². The first-order valence-electron chi connectivity index (χ1n) is 13.4. The molecule has 1 aliphatic rings. The molecule has 8 heteroatoms. The van der Waals surface area contributed by atoms with E-state index in [4.69, 9.17) is 24.3 Å². The van der Waals surface area contributed by atoms with Crippen LogP contribution in [0.25, 0.3) is 0 Å².